The number of benzene rings is 12. The van der Waals surface area contributed by atoms with Gasteiger partial charge in [-0.25, -0.2) is 59.8 Å². The summed E-state index contributed by atoms with van der Waals surface area (Å²) in [5.74, 6) is 4.71. The van der Waals surface area contributed by atoms with Crippen LogP contribution in [0.1, 0.15) is 0 Å². The number of aromatic amines is 4. The van der Waals surface area contributed by atoms with Crippen LogP contribution < -0.4 is 0 Å². The minimum absolute atomic E-state index is 0.580. The highest BCUT2D eigenvalue weighted by atomic mass is 15.1. The summed E-state index contributed by atoms with van der Waals surface area (Å²) < 4.78 is 0. The van der Waals surface area contributed by atoms with Crippen molar-refractivity contribution in [2.45, 2.75) is 0 Å². The second-order valence-corrected chi connectivity index (χ2v) is 24.4. The number of aromatic nitrogens is 16. The lowest BCUT2D eigenvalue weighted by atomic mass is 10.0. The lowest BCUT2D eigenvalue weighted by molar-refractivity contribution is 1.19. The van der Waals surface area contributed by atoms with Gasteiger partial charge in [0.25, 0.3) is 0 Å². The summed E-state index contributed by atoms with van der Waals surface area (Å²) in [5.41, 5.74) is 12.8. The van der Waals surface area contributed by atoms with Gasteiger partial charge < -0.3 is 19.9 Å². The number of rotatable bonds is 0. The number of nitrogens with zero attached hydrogens (tertiary/aromatic N) is 12. The average molecular weight is 1230 g/mol. The molecule has 0 saturated heterocycles. The second-order valence-electron chi connectivity index (χ2n) is 24.4. The van der Waals surface area contributed by atoms with Crippen molar-refractivity contribution in [2.75, 3.05) is 0 Å². The molecule has 4 N–H and O–H groups in total. The highest BCUT2D eigenvalue weighted by molar-refractivity contribution is 6.14. The molecule has 0 saturated carbocycles. The first-order valence-corrected chi connectivity index (χ1v) is 31.6. The Balaban J connectivity index is 0.000000135. The zero-order chi connectivity index (χ0) is 62.7. The number of H-pyrrole nitrogens is 4. The van der Waals surface area contributed by atoms with Crippen LogP contribution in [0.3, 0.4) is 0 Å². The zero-order valence-corrected chi connectivity index (χ0v) is 50.5. The van der Waals surface area contributed by atoms with Crippen LogP contribution in [0.2, 0.25) is 0 Å². The smallest absolute Gasteiger partial charge is 0.164 e. The Labute approximate surface area is 542 Å². The van der Waals surface area contributed by atoms with E-state index in [1.54, 1.807) is 0 Å². The van der Waals surface area contributed by atoms with Crippen LogP contribution in [0.5, 0.6) is 0 Å². The van der Waals surface area contributed by atoms with E-state index in [-0.39, 0.29) is 0 Å². The highest BCUT2D eigenvalue weighted by Crippen LogP contribution is 2.43. The Hall–Kier alpha value is -13.6. The minimum atomic E-state index is 0.580. The minimum Gasteiger partial charge on any atom is -0.324 e. The number of hydrogen-bond donors (Lipinski definition) is 4. The summed E-state index contributed by atoms with van der Waals surface area (Å²) >= 11 is 0. The Morgan fingerprint density at radius 1 is 0.146 bits per heavy atom. The Bertz CT molecular complexity index is 6080. The van der Waals surface area contributed by atoms with Gasteiger partial charge in [0.2, 0.25) is 0 Å². The van der Waals surface area contributed by atoms with E-state index in [9.17, 15) is 0 Å². The van der Waals surface area contributed by atoms with Crippen molar-refractivity contribution in [3.05, 3.63) is 243 Å². The van der Waals surface area contributed by atoms with Crippen molar-refractivity contribution >= 4 is 131 Å². The van der Waals surface area contributed by atoms with Crippen molar-refractivity contribution < 1.29 is 0 Å². The molecular weight excluding hydrogens is 1180 g/mol. The van der Waals surface area contributed by atoms with Crippen molar-refractivity contribution in [2.24, 2.45) is 0 Å². The molecule has 0 amide bonds. The molecule has 10 heterocycles. The lowest BCUT2D eigenvalue weighted by Gasteiger charge is -2.03. The largest absolute Gasteiger partial charge is 0.324 e. The Morgan fingerprint density at radius 2 is 0.312 bits per heavy atom. The standard InChI is InChI=1S/C48H26N8.C32H18N8/c1-2-10-26-18-34-33(17-25(26)9-1)41-49-42(34)54-44-37-21-29-13-5-6-14-30(29)22-38(37)46(51-44)56-48-40-24-32-16-8-7-15-31(32)23-39(40)47(52-48)55-45-36-20-28-12-4-3-11-27(28)19-35(36)43(50-45)53-41;1-2-10-18-17(9-1)25-33-26(18)38-28-21-13-5-6-14-22(21)30(35-28)40-32-24-16-8-7-15-23(24)31(36-32)39-29-20-12-4-3-11-19(20)27(34-29)37-25/h1-24H,(H2,49,50,51,52,53,54,55,56);1-16H,(H2,33,34,35,36,37,38,39,40). The SMILES string of the molecule is c1ccc2c(c1)-c1nc-2nc2[nH]c(nc3nc(nc4[nH]c(n1)c1ccccc41)-c1ccccc1-3)c1ccccc21.c1ccc2cc3c(cc2c1)-c1nc-3nc2[nH]c(nc3nc(nc4[nH]c(n1)c1cc5ccccc5cc41)-c1cc4ccccc4cc1-3)c1cc3ccccc3cc21. The van der Waals surface area contributed by atoms with E-state index in [1.165, 1.54) is 0 Å². The van der Waals surface area contributed by atoms with E-state index in [0.29, 0.717) is 91.8 Å². The molecule has 0 aliphatic carbocycles. The molecule has 0 unspecified atom stereocenters. The molecule has 0 fully saturated rings. The Morgan fingerprint density at radius 3 is 0.531 bits per heavy atom. The average Bonchev–Trinajstić information content (AvgIpc) is 1.58. The van der Waals surface area contributed by atoms with E-state index in [4.69, 9.17) is 59.8 Å². The van der Waals surface area contributed by atoms with Crippen LogP contribution in [0.15, 0.2) is 243 Å². The van der Waals surface area contributed by atoms with Gasteiger partial charge >= 0.3 is 0 Å². The number of hydrogen-bond acceptors (Lipinski definition) is 12. The third-order valence-electron chi connectivity index (χ3n) is 18.8. The van der Waals surface area contributed by atoms with Crippen molar-refractivity contribution in [1.29, 1.82) is 0 Å². The topological polar surface area (TPSA) is 218 Å². The van der Waals surface area contributed by atoms with Gasteiger partial charge in [0, 0.05) is 87.6 Å². The lowest BCUT2D eigenvalue weighted by Crippen LogP contribution is -1.84. The van der Waals surface area contributed by atoms with Crippen LogP contribution in [0.25, 0.3) is 222 Å². The molecule has 0 atom stereocenters. The molecule has 0 spiro atoms. The predicted octanol–water partition coefficient (Wildman–Crippen LogP) is 18.4. The van der Waals surface area contributed by atoms with Crippen LogP contribution in [-0.4, -0.2) is 79.7 Å². The molecule has 4 aliphatic heterocycles. The van der Waals surface area contributed by atoms with Crippen molar-refractivity contribution in [3.63, 3.8) is 0 Å². The predicted molar refractivity (Wildman–Crippen MR) is 382 cm³/mol. The van der Waals surface area contributed by atoms with Gasteiger partial charge in [-0.15, -0.1) is 0 Å². The molecule has 0 radical (unpaired) electrons. The van der Waals surface area contributed by atoms with Gasteiger partial charge in [-0.3, -0.25) is 0 Å². The highest BCUT2D eigenvalue weighted by Gasteiger charge is 2.26. The molecule has 96 heavy (non-hydrogen) atoms. The van der Waals surface area contributed by atoms with Crippen molar-refractivity contribution in [1.82, 2.24) is 79.7 Å². The monoisotopic (exact) mass is 1230 g/mol. The van der Waals surface area contributed by atoms with Crippen LogP contribution >= 0.6 is 0 Å². The van der Waals surface area contributed by atoms with Crippen molar-refractivity contribution in [3.8, 4) is 91.1 Å². The molecule has 22 rings (SSSR count). The number of nitrogens with one attached hydrogen (secondary N) is 4. The zero-order valence-electron chi connectivity index (χ0n) is 50.5. The molecule has 12 aromatic carbocycles. The first-order chi connectivity index (χ1) is 47.5. The van der Waals surface area contributed by atoms with Crippen LogP contribution in [0.4, 0.5) is 0 Å². The van der Waals surface area contributed by atoms with Gasteiger partial charge in [-0.2, -0.15) is 0 Å². The normalized spacial score (nSPS) is 12.2. The van der Waals surface area contributed by atoms with E-state index in [1.807, 2.05) is 97.1 Å². The fraction of sp³-hybridized carbons (Fsp3) is 0. The molecule has 444 valence electrons. The Kier molecular flexibility index (Phi) is 10.8. The summed E-state index contributed by atoms with van der Waals surface area (Å²) in [5, 5.41) is 16.5. The molecule has 4 aliphatic rings. The third-order valence-corrected chi connectivity index (χ3v) is 18.8. The maximum Gasteiger partial charge on any atom is 0.164 e. The van der Waals surface area contributed by atoms with E-state index in [2.05, 4.69) is 166 Å². The molecular formula is C80H44N16. The fourth-order valence-electron chi connectivity index (χ4n) is 14.1. The maximum atomic E-state index is 5.31. The summed E-state index contributed by atoms with van der Waals surface area (Å²) in [6, 6.07) is 83.1. The van der Waals surface area contributed by atoms with Crippen LogP contribution in [0, 0.1) is 0 Å². The van der Waals surface area contributed by atoms with E-state index >= 15 is 0 Å². The van der Waals surface area contributed by atoms with Gasteiger partial charge in [0.1, 0.15) is 45.2 Å². The quantitative estimate of drug-likeness (QED) is 0.111. The van der Waals surface area contributed by atoms with E-state index in [0.717, 1.165) is 131 Å². The summed E-state index contributed by atoms with van der Waals surface area (Å²) in [4.78, 5) is 75.6. The molecule has 6 aromatic heterocycles. The molecule has 16 heteroatoms. The molecule has 18 aromatic rings. The maximum absolute atomic E-state index is 5.31. The second kappa shape index (κ2) is 20.0. The first-order valence-electron chi connectivity index (χ1n) is 31.6. The summed E-state index contributed by atoms with van der Waals surface area (Å²) in [6.07, 6.45) is 0. The van der Waals surface area contributed by atoms with E-state index < -0.39 is 0 Å². The molecule has 16 bridgehead atoms. The van der Waals surface area contributed by atoms with Gasteiger partial charge in [0.05, 0.1) is 0 Å². The van der Waals surface area contributed by atoms with Gasteiger partial charge in [-0.05, 0) is 91.6 Å². The van der Waals surface area contributed by atoms with Gasteiger partial charge in [-0.1, -0.05) is 194 Å². The summed E-state index contributed by atoms with van der Waals surface area (Å²) in [6.45, 7) is 0. The third kappa shape index (κ3) is 8.08. The molecule has 16 nitrogen and oxygen atoms in total. The number of fused-ring (bicyclic) bond motifs is 44. The van der Waals surface area contributed by atoms with Crippen LogP contribution in [-0.2, 0) is 0 Å². The summed E-state index contributed by atoms with van der Waals surface area (Å²) in [7, 11) is 0. The fourth-order valence-corrected chi connectivity index (χ4v) is 14.1. The van der Waals surface area contributed by atoms with Gasteiger partial charge in [0.15, 0.2) is 46.6 Å². The first kappa shape index (κ1) is 52.1.